The maximum absolute atomic E-state index is 12.8. The first-order valence-corrected chi connectivity index (χ1v) is 15.0. The van der Waals surface area contributed by atoms with E-state index in [1.54, 1.807) is 5.51 Å². The minimum atomic E-state index is -0.363. The monoisotopic (exact) mass is 575 g/mol. The van der Waals surface area contributed by atoms with E-state index in [1.807, 2.05) is 30.3 Å². The van der Waals surface area contributed by atoms with E-state index in [2.05, 4.69) is 40.6 Å². The zero-order chi connectivity index (χ0) is 22.6. The molecule has 174 valence electrons. The number of ether oxygens (including phenoxy) is 1. The Kier molecular flexibility index (Phi) is 6.99. The van der Waals surface area contributed by atoms with Crippen LogP contribution < -0.4 is 26.8 Å². The van der Waals surface area contributed by atoms with Crippen LogP contribution in [-0.4, -0.2) is 43.4 Å². The number of alkyl halides is 1. The van der Waals surface area contributed by atoms with Crippen LogP contribution in [0.4, 0.5) is 10.6 Å². The molecular weight excluding hydrogens is 545 g/mol. The van der Waals surface area contributed by atoms with Crippen LogP contribution >= 0.6 is 11.3 Å². The fourth-order valence-electron chi connectivity index (χ4n) is 4.86. The van der Waals surface area contributed by atoms with Crippen LogP contribution in [-0.2, 0) is 11.2 Å². The van der Waals surface area contributed by atoms with Gasteiger partial charge in [-0.1, -0.05) is 6.07 Å². The molecule has 1 aromatic heterocycles. The zero-order valence-electron chi connectivity index (χ0n) is 18.7. The zero-order valence-corrected chi connectivity index (χ0v) is 21.7. The molecule has 0 aliphatic carbocycles. The van der Waals surface area contributed by atoms with Crippen molar-refractivity contribution in [2.45, 2.75) is 37.7 Å². The van der Waals surface area contributed by atoms with E-state index in [1.165, 1.54) is 36.9 Å². The summed E-state index contributed by atoms with van der Waals surface area (Å²) < 4.78 is 8.75. The van der Waals surface area contributed by atoms with Gasteiger partial charge in [-0.05, 0) is 0 Å². The van der Waals surface area contributed by atoms with Crippen LogP contribution in [0.2, 0.25) is 0 Å². The van der Waals surface area contributed by atoms with E-state index in [4.69, 9.17) is 4.74 Å². The second kappa shape index (κ2) is 10.1. The fourth-order valence-corrected chi connectivity index (χ4v) is 9.10. The van der Waals surface area contributed by atoms with Crippen LogP contribution in [0.3, 0.4) is 0 Å². The number of quaternary nitrogens is 1. The van der Waals surface area contributed by atoms with E-state index in [0.717, 1.165) is 49.3 Å². The number of halogens is 1. The minimum absolute atomic E-state index is 0.121. The van der Waals surface area contributed by atoms with Crippen LogP contribution in [0, 0.1) is 0 Å². The van der Waals surface area contributed by atoms with E-state index >= 15 is 0 Å². The number of thiazole rings is 1. The number of carbonyl (C=O) groups is 1. The van der Waals surface area contributed by atoms with Crippen LogP contribution in [0.25, 0.3) is 10.4 Å². The number of carbonyl (C=O) groups excluding carboxylic acids is 1. The number of nitrogens with one attached hydrogen (secondary N) is 1. The molecule has 3 aliphatic heterocycles. The van der Waals surface area contributed by atoms with Gasteiger partial charge >= 0.3 is 205 Å². The average Bonchev–Trinajstić information content (AvgIpc) is 3.32. The fraction of sp³-hybridized carbons (Fsp3) is 0.385. The van der Waals surface area contributed by atoms with Crippen molar-refractivity contribution in [3.8, 4) is 10.4 Å². The SMILES string of the molecule is O=C(Nc1ncsc1-c1ccccc1)OC12CC[N+]([I-]CCCc3ccccc3)(CC1)CC2. The summed E-state index contributed by atoms with van der Waals surface area (Å²) in [6, 6.07) is 20.9. The van der Waals surface area contributed by atoms with Crippen molar-refractivity contribution in [3.63, 3.8) is 0 Å². The Morgan fingerprint density at radius 3 is 2.39 bits per heavy atom. The summed E-state index contributed by atoms with van der Waals surface area (Å²) in [5, 5.41) is 2.92. The number of aryl methyl sites for hydroxylation is 1. The second-order valence-corrected chi connectivity index (χ2v) is 13.6. The Morgan fingerprint density at radius 2 is 1.70 bits per heavy atom. The summed E-state index contributed by atoms with van der Waals surface area (Å²) in [4.78, 5) is 18.1. The molecule has 0 spiro atoms. The quantitative estimate of drug-likeness (QED) is 0.195. The van der Waals surface area contributed by atoms with Gasteiger partial charge in [0.2, 0.25) is 0 Å². The number of benzene rings is 2. The predicted molar refractivity (Wildman–Crippen MR) is 129 cm³/mol. The number of nitrogens with zero attached hydrogens (tertiary/aromatic N) is 2. The van der Waals surface area contributed by atoms with Gasteiger partial charge in [-0.2, -0.15) is 0 Å². The molecule has 2 aromatic carbocycles. The van der Waals surface area contributed by atoms with E-state index in [0.29, 0.717) is 5.82 Å². The molecule has 0 atom stereocenters. The van der Waals surface area contributed by atoms with Crippen molar-refractivity contribution >= 4 is 23.2 Å². The van der Waals surface area contributed by atoms with Crippen molar-refractivity contribution in [1.29, 1.82) is 0 Å². The Bertz CT molecular complexity index is 1050. The number of piperidine rings is 3. The summed E-state index contributed by atoms with van der Waals surface area (Å²) >= 11 is 1.65. The van der Waals surface area contributed by atoms with Crippen molar-refractivity contribution in [2.75, 3.05) is 29.4 Å². The molecule has 3 aliphatic rings. The van der Waals surface area contributed by atoms with Crippen molar-refractivity contribution in [3.05, 3.63) is 71.7 Å². The molecule has 4 heterocycles. The third-order valence-corrected chi connectivity index (χ3v) is 11.8. The summed E-state index contributed by atoms with van der Waals surface area (Å²) in [6.45, 7) is 3.49. The van der Waals surface area contributed by atoms with Gasteiger partial charge in [0, 0.05) is 0 Å². The van der Waals surface area contributed by atoms with Gasteiger partial charge in [-0.25, -0.2) is 0 Å². The van der Waals surface area contributed by atoms with E-state index in [-0.39, 0.29) is 33.2 Å². The third-order valence-electron chi connectivity index (χ3n) is 6.82. The summed E-state index contributed by atoms with van der Waals surface area (Å²) in [5.41, 5.74) is 3.99. The van der Waals surface area contributed by atoms with Gasteiger partial charge in [-0.15, -0.1) is 0 Å². The molecule has 33 heavy (non-hydrogen) atoms. The first-order valence-electron chi connectivity index (χ1n) is 11.7. The molecule has 0 radical (unpaired) electrons. The standard InChI is InChI=1S/C26H30IN3O2S/c31-25(29-24-23(33-20-28-24)22-11-5-2-6-12-22)32-26-13-17-30(18-14-26,19-15-26)27-16-7-10-21-8-3-1-4-9-21/h1-6,8-9,11-12,20H,7,10,13-19H2,(H,29,31). The summed E-state index contributed by atoms with van der Waals surface area (Å²) in [5.74, 6) is 0.591. The molecule has 7 heteroatoms. The summed E-state index contributed by atoms with van der Waals surface area (Å²) in [7, 11) is 0. The maximum atomic E-state index is 12.8. The molecule has 3 aromatic rings. The molecule has 0 saturated carbocycles. The van der Waals surface area contributed by atoms with Gasteiger partial charge in [0.1, 0.15) is 0 Å². The van der Waals surface area contributed by atoms with Gasteiger partial charge < -0.3 is 0 Å². The molecule has 0 unspecified atom stereocenters. The molecule has 1 N–H and O–H groups in total. The second-order valence-electron chi connectivity index (χ2n) is 8.94. The Hall–Kier alpha value is -1.97. The van der Waals surface area contributed by atoms with E-state index < -0.39 is 0 Å². The Labute approximate surface area is 210 Å². The Morgan fingerprint density at radius 1 is 1.03 bits per heavy atom. The number of aromatic nitrogens is 1. The number of fused-ring (bicyclic) bond motifs is 3. The third kappa shape index (κ3) is 5.41. The van der Waals surface area contributed by atoms with Gasteiger partial charge in [0.15, 0.2) is 0 Å². The number of rotatable bonds is 8. The molecule has 1 amide bonds. The molecule has 3 saturated heterocycles. The first kappa shape index (κ1) is 22.8. The number of hydrogen-bond acceptors (Lipinski definition) is 4. The number of anilines is 1. The predicted octanol–water partition coefficient (Wildman–Crippen LogP) is 2.75. The van der Waals surface area contributed by atoms with Crippen molar-refractivity contribution in [2.24, 2.45) is 0 Å². The molecule has 6 rings (SSSR count). The molecule has 2 bridgehead atoms. The van der Waals surface area contributed by atoms with Gasteiger partial charge in [0.25, 0.3) is 0 Å². The first-order chi connectivity index (χ1) is 16.2. The topological polar surface area (TPSA) is 51.2 Å². The summed E-state index contributed by atoms with van der Waals surface area (Å²) in [6.07, 6.45) is 5.08. The average molecular weight is 576 g/mol. The molecule has 3 fully saturated rings. The van der Waals surface area contributed by atoms with Crippen LogP contribution in [0.15, 0.2) is 66.2 Å². The number of amides is 1. The van der Waals surface area contributed by atoms with Gasteiger partial charge in [0.05, 0.1) is 0 Å². The van der Waals surface area contributed by atoms with Crippen LogP contribution in [0.1, 0.15) is 31.2 Å². The van der Waals surface area contributed by atoms with Gasteiger partial charge in [-0.3, -0.25) is 0 Å². The van der Waals surface area contributed by atoms with Crippen molar-refractivity contribution in [1.82, 2.24) is 4.98 Å². The van der Waals surface area contributed by atoms with E-state index in [9.17, 15) is 4.79 Å². The Balaban J connectivity index is 1.11. The molecular formula is C26H30IN3O2S. The van der Waals surface area contributed by atoms with Crippen LogP contribution in [0.5, 0.6) is 0 Å². The number of hydrogen-bond donors (Lipinski definition) is 1. The molecule has 5 nitrogen and oxygen atoms in total. The van der Waals surface area contributed by atoms with Crippen molar-refractivity contribution < 1.29 is 33.7 Å². The normalized spacial score (nSPS) is 24.0.